The Hall–Kier alpha value is -1.84. The van der Waals surface area contributed by atoms with Crippen molar-refractivity contribution in [3.8, 4) is 5.88 Å². The molecule has 1 atom stereocenters. The number of aromatic nitrogens is 1. The number of hydrogen-bond donors (Lipinski definition) is 2. The van der Waals surface area contributed by atoms with Crippen molar-refractivity contribution in [3.63, 3.8) is 0 Å². The zero-order chi connectivity index (χ0) is 13.1. The number of para-hydroxylation sites is 1. The second kappa shape index (κ2) is 3.34. The van der Waals surface area contributed by atoms with E-state index in [1.807, 2.05) is 16.7 Å². The molecule has 18 heavy (non-hydrogen) atoms. The molecule has 0 saturated carbocycles. The van der Waals surface area contributed by atoms with Crippen molar-refractivity contribution >= 4 is 16.6 Å². The van der Waals surface area contributed by atoms with Crippen LogP contribution in [0, 0.1) is 5.53 Å². The first-order valence-electron chi connectivity index (χ1n) is 6.21. The fourth-order valence-corrected chi connectivity index (χ4v) is 3.38. The molecule has 3 rings (SSSR count). The maximum Gasteiger partial charge on any atom is 0.221 e. The average Bonchev–Trinajstić information content (AvgIpc) is 2.59. The van der Waals surface area contributed by atoms with E-state index in [1.165, 1.54) is 5.56 Å². The molecule has 94 valence electrons. The Morgan fingerprint density at radius 1 is 1.44 bits per heavy atom. The van der Waals surface area contributed by atoms with Gasteiger partial charge < -0.3 is 9.67 Å². The molecule has 4 nitrogen and oxygen atoms in total. The second-order valence-electron chi connectivity index (χ2n) is 5.78. The van der Waals surface area contributed by atoms with Crippen molar-refractivity contribution in [2.45, 2.75) is 38.6 Å². The van der Waals surface area contributed by atoms with Gasteiger partial charge in [-0.2, -0.15) is 5.11 Å². The fourth-order valence-electron chi connectivity index (χ4n) is 3.38. The molecule has 0 amide bonds. The molecule has 2 aromatic rings. The van der Waals surface area contributed by atoms with Gasteiger partial charge in [-0.05, 0) is 31.7 Å². The lowest BCUT2D eigenvalue weighted by atomic mass is 9.82. The van der Waals surface area contributed by atoms with Gasteiger partial charge >= 0.3 is 0 Å². The first-order chi connectivity index (χ1) is 8.47. The van der Waals surface area contributed by atoms with Gasteiger partial charge in [-0.15, -0.1) is 0 Å². The Kier molecular flexibility index (Phi) is 2.09. The summed E-state index contributed by atoms with van der Waals surface area (Å²) in [6.45, 7) is 6.44. The largest absolute Gasteiger partial charge is 0.493 e. The van der Waals surface area contributed by atoms with E-state index in [4.69, 9.17) is 5.53 Å². The van der Waals surface area contributed by atoms with Crippen molar-refractivity contribution in [2.24, 2.45) is 5.11 Å². The summed E-state index contributed by atoms with van der Waals surface area (Å²) >= 11 is 0. The Balaban J connectivity index is 2.55. The van der Waals surface area contributed by atoms with Gasteiger partial charge in [-0.1, -0.05) is 25.1 Å². The minimum atomic E-state index is -0.154. The van der Waals surface area contributed by atoms with E-state index in [1.54, 1.807) is 0 Å². The topological polar surface area (TPSA) is 61.4 Å². The number of rotatable bonds is 1. The molecule has 0 fully saturated rings. The van der Waals surface area contributed by atoms with Gasteiger partial charge in [-0.25, -0.2) is 5.53 Å². The maximum atomic E-state index is 10.3. The summed E-state index contributed by atoms with van der Waals surface area (Å²) in [5, 5.41) is 14.7. The van der Waals surface area contributed by atoms with Gasteiger partial charge in [-0.3, -0.25) is 0 Å². The van der Waals surface area contributed by atoms with E-state index in [2.05, 4.69) is 32.0 Å². The van der Waals surface area contributed by atoms with E-state index in [0.29, 0.717) is 11.6 Å². The molecule has 1 aliphatic heterocycles. The van der Waals surface area contributed by atoms with E-state index in [9.17, 15) is 5.11 Å². The number of aromatic hydroxyl groups is 1. The Morgan fingerprint density at radius 2 is 2.17 bits per heavy atom. The normalized spacial score (nSPS) is 21.2. The first-order valence-corrected chi connectivity index (χ1v) is 6.21. The van der Waals surface area contributed by atoms with Crippen LogP contribution in [0.3, 0.4) is 0 Å². The van der Waals surface area contributed by atoms with E-state index >= 15 is 0 Å². The van der Waals surface area contributed by atoms with Crippen molar-refractivity contribution in [2.75, 3.05) is 0 Å². The number of nitrogens with one attached hydrogen (secondary N) is 1. The zero-order valence-electron chi connectivity index (χ0n) is 10.9. The standard InChI is InChI=1S/C14H17N3O/c1-8-7-14(2,3)17-12-9(8)5-4-6-10(12)11(16-15)13(17)18/h4-6,8,15,18H,7H2,1-3H3. The average molecular weight is 243 g/mol. The van der Waals surface area contributed by atoms with Crippen LogP contribution < -0.4 is 0 Å². The van der Waals surface area contributed by atoms with Gasteiger partial charge in [0, 0.05) is 10.9 Å². The molecular weight excluding hydrogens is 226 g/mol. The van der Waals surface area contributed by atoms with Crippen LogP contribution in [0.15, 0.2) is 23.3 Å². The summed E-state index contributed by atoms with van der Waals surface area (Å²) < 4.78 is 1.94. The third-order valence-corrected chi connectivity index (χ3v) is 4.02. The van der Waals surface area contributed by atoms with Crippen molar-refractivity contribution in [3.05, 3.63) is 23.8 Å². The van der Waals surface area contributed by atoms with E-state index in [0.717, 1.165) is 17.3 Å². The molecule has 2 heterocycles. The van der Waals surface area contributed by atoms with Crippen molar-refractivity contribution in [1.82, 2.24) is 4.57 Å². The third-order valence-electron chi connectivity index (χ3n) is 4.02. The highest BCUT2D eigenvalue weighted by Gasteiger charge is 2.36. The summed E-state index contributed by atoms with van der Waals surface area (Å²) in [6.07, 6.45) is 0.971. The highest BCUT2D eigenvalue weighted by molar-refractivity contribution is 5.97. The molecule has 0 saturated heterocycles. The third kappa shape index (κ3) is 1.20. The molecule has 1 unspecified atom stereocenters. The van der Waals surface area contributed by atoms with E-state index in [-0.39, 0.29) is 11.4 Å². The predicted molar refractivity (Wildman–Crippen MR) is 70.8 cm³/mol. The van der Waals surface area contributed by atoms with Crippen LogP contribution in [0.4, 0.5) is 5.69 Å². The summed E-state index contributed by atoms with van der Waals surface area (Å²) in [5.41, 5.74) is 9.77. The molecule has 0 spiro atoms. The lowest BCUT2D eigenvalue weighted by molar-refractivity contribution is 0.267. The van der Waals surface area contributed by atoms with Crippen molar-refractivity contribution < 1.29 is 5.11 Å². The molecule has 1 aliphatic rings. The SMILES string of the molecule is CC1CC(C)(C)n2c(O)c(N=N)c3cccc1c32. The molecule has 4 heteroatoms. The lowest BCUT2D eigenvalue weighted by Crippen LogP contribution is -2.31. The molecule has 0 radical (unpaired) electrons. The maximum absolute atomic E-state index is 10.3. The van der Waals surface area contributed by atoms with Crippen LogP contribution in [0.25, 0.3) is 10.9 Å². The molecule has 1 aromatic carbocycles. The van der Waals surface area contributed by atoms with Crippen LogP contribution >= 0.6 is 0 Å². The quantitative estimate of drug-likeness (QED) is 0.722. The van der Waals surface area contributed by atoms with Gasteiger partial charge in [0.15, 0.2) is 5.69 Å². The number of hydrogen-bond acceptors (Lipinski definition) is 3. The highest BCUT2D eigenvalue weighted by atomic mass is 16.3. The van der Waals surface area contributed by atoms with Crippen molar-refractivity contribution in [1.29, 1.82) is 5.53 Å². The fraction of sp³-hybridized carbons (Fsp3) is 0.429. The Bertz CT molecular complexity index is 655. The predicted octanol–water partition coefficient (Wildman–Crippen LogP) is 4.25. The van der Waals surface area contributed by atoms with Crippen LogP contribution in [-0.4, -0.2) is 9.67 Å². The van der Waals surface area contributed by atoms with Gasteiger partial charge in [0.25, 0.3) is 0 Å². The summed E-state index contributed by atoms with van der Waals surface area (Å²) in [4.78, 5) is 0. The lowest BCUT2D eigenvalue weighted by Gasteiger charge is -2.36. The van der Waals surface area contributed by atoms with E-state index < -0.39 is 0 Å². The van der Waals surface area contributed by atoms with Crippen LogP contribution in [0.2, 0.25) is 0 Å². The summed E-state index contributed by atoms with van der Waals surface area (Å²) in [7, 11) is 0. The Labute approximate surface area is 106 Å². The smallest absolute Gasteiger partial charge is 0.221 e. The molecular formula is C14H17N3O. The molecule has 0 aliphatic carbocycles. The molecule has 1 aromatic heterocycles. The summed E-state index contributed by atoms with van der Waals surface area (Å²) in [5.74, 6) is 0.563. The zero-order valence-corrected chi connectivity index (χ0v) is 10.9. The van der Waals surface area contributed by atoms with Gasteiger partial charge in [0.1, 0.15) is 0 Å². The van der Waals surface area contributed by atoms with Crippen LogP contribution in [-0.2, 0) is 5.54 Å². The van der Waals surface area contributed by atoms with Crippen LogP contribution in [0.5, 0.6) is 5.88 Å². The van der Waals surface area contributed by atoms with Gasteiger partial charge in [0.2, 0.25) is 5.88 Å². The number of benzene rings is 1. The van der Waals surface area contributed by atoms with Crippen LogP contribution in [0.1, 0.15) is 38.7 Å². The summed E-state index contributed by atoms with van der Waals surface area (Å²) in [6, 6.07) is 6.01. The number of nitrogens with zero attached hydrogens (tertiary/aromatic N) is 2. The van der Waals surface area contributed by atoms with Gasteiger partial charge in [0.05, 0.1) is 5.52 Å². The minimum Gasteiger partial charge on any atom is -0.493 e. The first kappa shape index (κ1) is 11.3. The molecule has 2 N–H and O–H groups in total. The second-order valence-corrected chi connectivity index (χ2v) is 5.78. The molecule has 0 bridgehead atoms. The highest BCUT2D eigenvalue weighted by Crippen LogP contribution is 2.50. The minimum absolute atomic E-state index is 0.115. The Morgan fingerprint density at radius 3 is 2.83 bits per heavy atom. The monoisotopic (exact) mass is 243 g/mol.